The van der Waals surface area contributed by atoms with Gasteiger partial charge in [-0.3, -0.25) is 0 Å². The van der Waals surface area contributed by atoms with Crippen LogP contribution in [-0.4, -0.2) is 18.6 Å². The Morgan fingerprint density at radius 1 is 1.80 bits per heavy atom. The van der Waals surface area contributed by atoms with Crippen LogP contribution in [-0.2, 0) is 4.79 Å². The number of hydrogen-bond acceptors (Lipinski definition) is 3. The lowest BCUT2D eigenvalue weighted by atomic mass is 11.4. The van der Waals surface area contributed by atoms with Crippen LogP contribution < -0.4 is 5.73 Å². The van der Waals surface area contributed by atoms with Gasteiger partial charge in [0, 0.05) is 0 Å². The molecule has 0 aromatic heterocycles. The lowest BCUT2D eigenvalue weighted by molar-refractivity contribution is -0.0979. The van der Waals surface area contributed by atoms with Gasteiger partial charge in [-0.1, -0.05) is 0 Å². The van der Waals surface area contributed by atoms with Crippen molar-refractivity contribution in [2.75, 3.05) is 6.73 Å². The van der Waals surface area contributed by atoms with Gasteiger partial charge in [0.1, 0.15) is 6.79 Å². The molecule has 5 heavy (non-hydrogen) atoms. The van der Waals surface area contributed by atoms with Gasteiger partial charge in [-0.25, -0.2) is 0 Å². The zero-order valence-electron chi connectivity index (χ0n) is 2.85. The molecule has 3 nitrogen and oxygen atoms in total. The van der Waals surface area contributed by atoms with Gasteiger partial charge in [0.25, 0.3) is 0 Å². The highest BCUT2D eigenvalue weighted by molar-refractivity contribution is 5.10. The van der Waals surface area contributed by atoms with Gasteiger partial charge in [-0.05, 0) is 0 Å². The Bertz CT molecular complexity index is 11.6. The molecule has 0 fully saturated rings. The number of carbonyl (C=O) groups is 1. The number of carbonyl (C=O) groups excluding carboxylic acids is 1. The first-order chi connectivity index (χ1) is 2.41. The second-order valence-corrected chi connectivity index (χ2v) is 0.183. The fourth-order valence-electron chi connectivity index (χ4n) is 0. The van der Waals surface area contributed by atoms with E-state index in [0.29, 0.717) is 0 Å². The first-order valence-electron chi connectivity index (χ1n) is 1.01. The molecule has 0 spiro atoms. The third kappa shape index (κ3) is 54.0. The summed E-state index contributed by atoms with van der Waals surface area (Å²) < 4.78 is 0. The van der Waals surface area contributed by atoms with E-state index in [-0.39, 0.29) is 6.73 Å². The molecule has 0 radical (unpaired) electrons. The smallest absolute Gasteiger partial charge is 0.106 e. The highest BCUT2D eigenvalue weighted by Crippen LogP contribution is 1.04. The summed E-state index contributed by atoms with van der Waals surface area (Å²) in [6, 6.07) is 0. The molecule has 0 unspecified atom stereocenters. The molecular formula is C2H7NO2. The summed E-state index contributed by atoms with van der Waals surface area (Å²) in [6.45, 7) is 1.75. The quantitative estimate of drug-likeness (QED) is 0.353. The zero-order chi connectivity index (χ0) is 4.71. The van der Waals surface area contributed by atoms with E-state index in [1.165, 1.54) is 0 Å². The third-order valence-corrected chi connectivity index (χ3v) is 0. The fraction of sp³-hybridized carbons (Fsp3) is 0.500. The lowest BCUT2D eigenvalue weighted by Crippen LogP contribution is -1.92. The standard InChI is InChI=1S/CH5NO.CH2O/c2-1-3;1-2/h3H,1-2H2;1H2. The monoisotopic (exact) mass is 77.0 g/mol. The van der Waals surface area contributed by atoms with Crippen LogP contribution in [0, 0.1) is 0 Å². The number of rotatable bonds is 0. The largest absolute Gasteiger partial charge is 0.382 e. The van der Waals surface area contributed by atoms with Crippen LogP contribution >= 0.6 is 0 Å². The van der Waals surface area contributed by atoms with Crippen LogP contribution in [0.4, 0.5) is 0 Å². The summed E-state index contributed by atoms with van der Waals surface area (Å²) in [7, 11) is 0. The molecule has 0 amide bonds. The molecule has 0 aromatic carbocycles. The van der Waals surface area contributed by atoms with E-state index in [2.05, 4.69) is 5.73 Å². The van der Waals surface area contributed by atoms with Gasteiger partial charge in [-0.15, -0.1) is 0 Å². The Morgan fingerprint density at radius 3 is 1.80 bits per heavy atom. The maximum atomic E-state index is 8.00. The molecule has 0 saturated heterocycles. The van der Waals surface area contributed by atoms with E-state index in [0.717, 1.165) is 0 Å². The van der Waals surface area contributed by atoms with Crippen LogP contribution in [0.15, 0.2) is 0 Å². The average molecular weight is 77.1 g/mol. The number of hydrogen-bond donors (Lipinski definition) is 2. The van der Waals surface area contributed by atoms with Crippen molar-refractivity contribution in [3.05, 3.63) is 0 Å². The normalized spacial score (nSPS) is 4.40. The van der Waals surface area contributed by atoms with Crippen molar-refractivity contribution in [3.8, 4) is 0 Å². The van der Waals surface area contributed by atoms with Crippen molar-refractivity contribution < 1.29 is 9.90 Å². The van der Waals surface area contributed by atoms with Gasteiger partial charge in [0.15, 0.2) is 0 Å². The maximum Gasteiger partial charge on any atom is 0.106 e. The molecule has 0 aliphatic carbocycles. The highest BCUT2D eigenvalue weighted by Gasteiger charge is 1.30. The van der Waals surface area contributed by atoms with Crippen molar-refractivity contribution >= 4 is 6.79 Å². The molecule has 0 atom stereocenters. The fourth-order valence-corrected chi connectivity index (χ4v) is 0. The van der Waals surface area contributed by atoms with Crippen LogP contribution in [0.2, 0.25) is 0 Å². The molecular weight excluding hydrogens is 70.0 g/mol. The number of nitrogens with two attached hydrogens (primary N) is 1. The topological polar surface area (TPSA) is 63.3 Å². The molecule has 0 aliphatic rings. The first kappa shape index (κ1) is 8.82. The Hall–Kier alpha value is -0.410. The van der Waals surface area contributed by atoms with Crippen molar-refractivity contribution in [3.63, 3.8) is 0 Å². The summed E-state index contributed by atoms with van der Waals surface area (Å²) in [6.07, 6.45) is 0. The van der Waals surface area contributed by atoms with Crippen molar-refractivity contribution in [2.24, 2.45) is 5.73 Å². The second kappa shape index (κ2) is 69.2. The minimum atomic E-state index is -0.250. The summed E-state index contributed by atoms with van der Waals surface area (Å²) in [5.41, 5.74) is 4.40. The second-order valence-electron chi connectivity index (χ2n) is 0.183. The Morgan fingerprint density at radius 2 is 1.80 bits per heavy atom. The molecule has 3 heteroatoms. The molecule has 0 heterocycles. The van der Waals surface area contributed by atoms with E-state index in [9.17, 15) is 0 Å². The van der Waals surface area contributed by atoms with Crippen molar-refractivity contribution in [2.45, 2.75) is 0 Å². The zero-order valence-corrected chi connectivity index (χ0v) is 2.85. The highest BCUT2D eigenvalue weighted by atomic mass is 16.3. The van der Waals surface area contributed by atoms with E-state index in [4.69, 9.17) is 9.90 Å². The third-order valence-electron chi connectivity index (χ3n) is 0. The predicted molar refractivity (Wildman–Crippen MR) is 18.4 cm³/mol. The predicted octanol–water partition coefficient (Wildman–Crippen LogP) is -1.29. The lowest BCUT2D eigenvalue weighted by Gasteiger charge is -1.56. The Balaban J connectivity index is 0. The SMILES string of the molecule is C=O.NCO. The summed E-state index contributed by atoms with van der Waals surface area (Å²) in [5, 5.41) is 7.35. The van der Waals surface area contributed by atoms with Crippen LogP contribution in [0.1, 0.15) is 0 Å². The maximum absolute atomic E-state index is 8.00. The molecule has 0 saturated carbocycles. The summed E-state index contributed by atoms with van der Waals surface area (Å²) in [4.78, 5) is 8.00. The van der Waals surface area contributed by atoms with E-state index >= 15 is 0 Å². The summed E-state index contributed by atoms with van der Waals surface area (Å²) in [5.74, 6) is 0. The molecule has 0 aromatic rings. The minimum absolute atomic E-state index is 0.250. The van der Waals surface area contributed by atoms with E-state index < -0.39 is 0 Å². The van der Waals surface area contributed by atoms with Crippen molar-refractivity contribution in [1.29, 1.82) is 0 Å². The van der Waals surface area contributed by atoms with Crippen LogP contribution in [0.25, 0.3) is 0 Å². The van der Waals surface area contributed by atoms with Gasteiger partial charge in [0.2, 0.25) is 0 Å². The number of aliphatic hydroxyl groups is 1. The average Bonchev–Trinajstić information content (AvgIpc) is 1.46. The van der Waals surface area contributed by atoms with Crippen LogP contribution in [0.5, 0.6) is 0 Å². The van der Waals surface area contributed by atoms with E-state index in [1.54, 1.807) is 0 Å². The van der Waals surface area contributed by atoms with Gasteiger partial charge in [0.05, 0.1) is 6.73 Å². The van der Waals surface area contributed by atoms with E-state index in [1.807, 2.05) is 6.79 Å². The minimum Gasteiger partial charge on any atom is -0.382 e. The van der Waals surface area contributed by atoms with Gasteiger partial charge in [-0.2, -0.15) is 0 Å². The molecule has 0 bridgehead atoms. The molecule has 0 rings (SSSR count). The van der Waals surface area contributed by atoms with Crippen molar-refractivity contribution in [1.82, 2.24) is 0 Å². The molecule has 3 N–H and O–H groups in total. The van der Waals surface area contributed by atoms with Gasteiger partial charge < -0.3 is 15.6 Å². The van der Waals surface area contributed by atoms with Crippen LogP contribution in [0.3, 0.4) is 0 Å². The first-order valence-corrected chi connectivity index (χ1v) is 1.01. The summed E-state index contributed by atoms with van der Waals surface area (Å²) >= 11 is 0. The molecule has 32 valence electrons. The number of aliphatic hydroxyl groups excluding tert-OH is 1. The van der Waals surface area contributed by atoms with Gasteiger partial charge >= 0.3 is 0 Å². The Labute approximate surface area is 30.4 Å². The Kier molecular flexibility index (Phi) is 122. The molecule has 0 aliphatic heterocycles.